The minimum absolute atomic E-state index is 0.0773. The van der Waals surface area contributed by atoms with Gasteiger partial charge in [0.05, 0.1) is 17.9 Å². The number of aromatic carboxylic acids is 1. The molecule has 20 heavy (non-hydrogen) atoms. The summed E-state index contributed by atoms with van der Waals surface area (Å²) in [5.41, 5.74) is 1.67. The van der Waals surface area contributed by atoms with Gasteiger partial charge in [0.15, 0.2) is 10.7 Å². The van der Waals surface area contributed by atoms with E-state index in [1.807, 2.05) is 22.2 Å². The molecule has 8 heteroatoms. The average Bonchev–Trinajstić information content (AvgIpc) is 2.82. The predicted molar refractivity (Wildman–Crippen MR) is 71.1 cm³/mol. The number of fused-ring (bicyclic) bond motifs is 1. The van der Waals surface area contributed by atoms with Gasteiger partial charge < -0.3 is 5.11 Å². The number of imidazole rings is 1. The van der Waals surface area contributed by atoms with Gasteiger partial charge in [-0.3, -0.25) is 4.40 Å². The van der Waals surface area contributed by atoms with E-state index >= 15 is 0 Å². The molecular weight excluding hydrogens is 278 g/mol. The number of rotatable bonds is 4. The molecule has 0 unspecified atom stereocenters. The van der Waals surface area contributed by atoms with Crippen molar-refractivity contribution in [3.63, 3.8) is 0 Å². The maximum atomic E-state index is 11.2. The number of nitrogens with zero attached hydrogens (tertiary/aromatic N) is 5. The molecule has 0 aliphatic heterocycles. The summed E-state index contributed by atoms with van der Waals surface area (Å²) in [7, 11) is 0. The van der Waals surface area contributed by atoms with Gasteiger partial charge in [0.25, 0.3) is 0 Å². The quantitative estimate of drug-likeness (QED) is 0.788. The van der Waals surface area contributed by atoms with Gasteiger partial charge in [0.1, 0.15) is 0 Å². The standard InChI is InChI=1S/C12H11N5O2S/c18-11(19)9-10(7-1-2-7)17(15-14-9)6-8-5-16-3-4-20-12(16)13-8/h3-5,7H,1-2,6H2,(H,18,19). The van der Waals surface area contributed by atoms with Crippen molar-refractivity contribution >= 4 is 22.3 Å². The highest BCUT2D eigenvalue weighted by molar-refractivity contribution is 7.15. The first-order valence-electron chi connectivity index (χ1n) is 6.30. The largest absolute Gasteiger partial charge is 0.476 e. The fraction of sp³-hybridized carbons (Fsp3) is 0.333. The molecule has 3 aromatic heterocycles. The Hall–Kier alpha value is -2.22. The van der Waals surface area contributed by atoms with E-state index in [9.17, 15) is 4.79 Å². The van der Waals surface area contributed by atoms with E-state index in [0.717, 1.165) is 29.2 Å². The summed E-state index contributed by atoms with van der Waals surface area (Å²) in [5.74, 6) is -0.733. The second kappa shape index (κ2) is 4.14. The summed E-state index contributed by atoms with van der Waals surface area (Å²) in [6, 6.07) is 0. The summed E-state index contributed by atoms with van der Waals surface area (Å²) < 4.78 is 3.62. The lowest BCUT2D eigenvalue weighted by Crippen LogP contribution is -2.08. The summed E-state index contributed by atoms with van der Waals surface area (Å²) in [4.78, 5) is 16.6. The van der Waals surface area contributed by atoms with E-state index < -0.39 is 5.97 Å². The Bertz CT molecular complexity index is 769. The Kier molecular flexibility index (Phi) is 2.40. The molecule has 3 heterocycles. The van der Waals surface area contributed by atoms with Crippen LogP contribution in [0.3, 0.4) is 0 Å². The van der Waals surface area contributed by atoms with Crippen LogP contribution in [0.1, 0.15) is 40.6 Å². The molecule has 0 spiro atoms. The molecule has 0 aromatic carbocycles. The van der Waals surface area contributed by atoms with Gasteiger partial charge in [-0.1, -0.05) is 5.21 Å². The van der Waals surface area contributed by atoms with Crippen LogP contribution in [-0.2, 0) is 6.54 Å². The van der Waals surface area contributed by atoms with Crippen LogP contribution in [0.15, 0.2) is 17.8 Å². The van der Waals surface area contributed by atoms with Gasteiger partial charge in [-0.25, -0.2) is 14.5 Å². The summed E-state index contributed by atoms with van der Waals surface area (Å²) >= 11 is 1.56. The van der Waals surface area contributed by atoms with E-state index in [0.29, 0.717) is 6.54 Å². The lowest BCUT2D eigenvalue weighted by Gasteiger charge is -2.03. The van der Waals surface area contributed by atoms with E-state index in [2.05, 4.69) is 15.3 Å². The third kappa shape index (κ3) is 1.80. The monoisotopic (exact) mass is 289 g/mol. The zero-order valence-corrected chi connectivity index (χ0v) is 11.2. The third-order valence-corrected chi connectivity index (χ3v) is 4.17. The number of thiazole rings is 1. The lowest BCUT2D eigenvalue weighted by molar-refractivity contribution is 0.0689. The molecule has 102 valence electrons. The molecule has 1 saturated carbocycles. The van der Waals surface area contributed by atoms with Gasteiger partial charge in [-0.15, -0.1) is 16.4 Å². The molecule has 0 saturated heterocycles. The molecule has 0 bridgehead atoms. The molecule has 1 aliphatic carbocycles. The SMILES string of the molecule is O=C(O)c1nnn(Cc2cn3ccsc3n2)c1C1CC1. The highest BCUT2D eigenvalue weighted by Gasteiger charge is 2.33. The zero-order valence-electron chi connectivity index (χ0n) is 10.4. The highest BCUT2D eigenvalue weighted by atomic mass is 32.1. The fourth-order valence-corrected chi connectivity index (χ4v) is 3.08. The first-order chi connectivity index (χ1) is 9.72. The maximum absolute atomic E-state index is 11.2. The van der Waals surface area contributed by atoms with Gasteiger partial charge >= 0.3 is 5.97 Å². The Labute approximate surface area is 117 Å². The molecule has 0 atom stereocenters. The van der Waals surface area contributed by atoms with Crippen LogP contribution in [0.4, 0.5) is 0 Å². The number of aromatic nitrogens is 5. The second-order valence-corrected chi connectivity index (χ2v) is 5.76. The molecular formula is C12H11N5O2S. The third-order valence-electron chi connectivity index (χ3n) is 3.39. The van der Waals surface area contributed by atoms with E-state index in [4.69, 9.17) is 5.11 Å². The number of carboxylic acids is 1. The molecule has 1 aliphatic rings. The number of carbonyl (C=O) groups is 1. The Morgan fingerprint density at radius 3 is 3.05 bits per heavy atom. The Morgan fingerprint density at radius 1 is 1.50 bits per heavy atom. The van der Waals surface area contributed by atoms with Crippen molar-refractivity contribution < 1.29 is 9.90 Å². The van der Waals surface area contributed by atoms with Crippen LogP contribution in [0.2, 0.25) is 0 Å². The smallest absolute Gasteiger partial charge is 0.358 e. The molecule has 1 fully saturated rings. The van der Waals surface area contributed by atoms with Crippen LogP contribution in [0, 0.1) is 0 Å². The summed E-state index contributed by atoms with van der Waals surface area (Å²) in [5, 5.41) is 18.9. The van der Waals surface area contributed by atoms with Crippen LogP contribution < -0.4 is 0 Å². The van der Waals surface area contributed by atoms with Crippen molar-refractivity contribution in [2.45, 2.75) is 25.3 Å². The highest BCUT2D eigenvalue weighted by Crippen LogP contribution is 2.41. The topological polar surface area (TPSA) is 85.3 Å². The maximum Gasteiger partial charge on any atom is 0.358 e. The van der Waals surface area contributed by atoms with Gasteiger partial charge in [0, 0.05) is 23.7 Å². The molecule has 0 radical (unpaired) electrons. The van der Waals surface area contributed by atoms with Crippen molar-refractivity contribution in [3.05, 3.63) is 34.9 Å². The lowest BCUT2D eigenvalue weighted by atomic mass is 10.2. The number of hydrogen-bond donors (Lipinski definition) is 1. The minimum Gasteiger partial charge on any atom is -0.476 e. The first-order valence-corrected chi connectivity index (χ1v) is 7.18. The van der Waals surface area contributed by atoms with Crippen LogP contribution in [0.25, 0.3) is 4.96 Å². The van der Waals surface area contributed by atoms with Crippen LogP contribution >= 0.6 is 11.3 Å². The van der Waals surface area contributed by atoms with Crippen molar-refractivity contribution in [2.75, 3.05) is 0 Å². The Morgan fingerprint density at radius 2 is 2.35 bits per heavy atom. The van der Waals surface area contributed by atoms with Crippen molar-refractivity contribution in [3.8, 4) is 0 Å². The van der Waals surface area contributed by atoms with E-state index in [1.165, 1.54) is 0 Å². The minimum atomic E-state index is -1.01. The zero-order chi connectivity index (χ0) is 13.7. The van der Waals surface area contributed by atoms with Gasteiger partial charge in [-0.05, 0) is 12.8 Å². The van der Waals surface area contributed by atoms with Crippen molar-refractivity contribution in [2.24, 2.45) is 0 Å². The van der Waals surface area contributed by atoms with Crippen LogP contribution in [-0.4, -0.2) is 35.5 Å². The van der Waals surface area contributed by atoms with Crippen molar-refractivity contribution in [1.29, 1.82) is 0 Å². The summed E-state index contributed by atoms with van der Waals surface area (Å²) in [6.07, 6.45) is 5.89. The molecule has 1 N–H and O–H groups in total. The fourth-order valence-electron chi connectivity index (χ4n) is 2.36. The van der Waals surface area contributed by atoms with Crippen molar-refractivity contribution in [1.82, 2.24) is 24.4 Å². The molecule has 7 nitrogen and oxygen atoms in total. The molecule has 0 amide bonds. The molecule has 3 aromatic rings. The normalized spacial score (nSPS) is 15.0. The Balaban J connectivity index is 1.71. The number of hydrogen-bond acceptors (Lipinski definition) is 5. The van der Waals surface area contributed by atoms with E-state index in [-0.39, 0.29) is 11.6 Å². The second-order valence-electron chi connectivity index (χ2n) is 4.89. The van der Waals surface area contributed by atoms with Gasteiger partial charge in [0.2, 0.25) is 0 Å². The van der Waals surface area contributed by atoms with Gasteiger partial charge in [-0.2, -0.15) is 0 Å². The van der Waals surface area contributed by atoms with E-state index in [1.54, 1.807) is 16.0 Å². The number of carboxylic acid groups (broad SMARTS) is 1. The molecule has 4 rings (SSSR count). The average molecular weight is 289 g/mol. The summed E-state index contributed by atoms with van der Waals surface area (Å²) in [6.45, 7) is 0.459. The van der Waals surface area contributed by atoms with Crippen LogP contribution in [0.5, 0.6) is 0 Å². The first kappa shape index (κ1) is 11.6. The predicted octanol–water partition coefficient (Wildman–Crippen LogP) is 1.61.